The summed E-state index contributed by atoms with van der Waals surface area (Å²) in [5.41, 5.74) is -0.767. The number of nitrogens with one attached hydrogen (secondary N) is 2. The van der Waals surface area contributed by atoms with Gasteiger partial charge in [0.15, 0.2) is 0 Å². The van der Waals surface area contributed by atoms with Gasteiger partial charge in [0, 0.05) is 12.6 Å². The Hall–Kier alpha value is -1.67. The van der Waals surface area contributed by atoms with Crippen molar-refractivity contribution in [3.05, 3.63) is 0 Å². The first-order valence-corrected chi connectivity index (χ1v) is 6.21. The summed E-state index contributed by atoms with van der Waals surface area (Å²) in [6.07, 6.45) is 0.281. The van der Waals surface area contributed by atoms with E-state index >= 15 is 0 Å². The van der Waals surface area contributed by atoms with Gasteiger partial charge in [0.25, 0.3) is 0 Å². The molecule has 0 aromatic rings. The number of aliphatic carboxylic acids is 2. The highest BCUT2D eigenvalue weighted by Gasteiger charge is 2.34. The maximum atomic E-state index is 11.7. The van der Waals surface area contributed by atoms with Crippen LogP contribution in [0.4, 0.5) is 0 Å². The average Bonchev–Trinajstić information content (AvgIpc) is 2.33. The van der Waals surface area contributed by atoms with Crippen molar-refractivity contribution in [2.45, 2.75) is 31.8 Å². The predicted molar refractivity (Wildman–Crippen MR) is 72.5 cm³/mol. The number of carbonyl (C=O) groups excluding carboxylic acids is 1. The van der Waals surface area contributed by atoms with Crippen molar-refractivity contribution in [1.82, 2.24) is 15.5 Å². The molecule has 4 N–H and O–H groups in total. The van der Waals surface area contributed by atoms with Crippen molar-refractivity contribution in [2.24, 2.45) is 0 Å². The van der Waals surface area contributed by atoms with E-state index in [1.807, 2.05) is 0 Å². The molecule has 0 radical (unpaired) electrons. The van der Waals surface area contributed by atoms with Crippen molar-refractivity contribution in [3.63, 3.8) is 0 Å². The van der Waals surface area contributed by atoms with Crippen LogP contribution in [0.3, 0.4) is 0 Å². The van der Waals surface area contributed by atoms with E-state index in [1.54, 1.807) is 20.9 Å². The standard InChI is InChI=1S/C12H23N3O5/c1-12(2,5-8(13-3)11(20)14-4)15(6-9(16)17)7-10(18)19/h8,13H,5-7H2,1-4H3,(H,14,20)(H,16,17)(H,18,19). The summed E-state index contributed by atoms with van der Waals surface area (Å²) in [7, 11) is 3.13. The van der Waals surface area contributed by atoms with Crippen molar-refractivity contribution in [3.8, 4) is 0 Å². The number of carboxylic acids is 2. The molecule has 1 amide bonds. The van der Waals surface area contributed by atoms with Crippen LogP contribution in [0.25, 0.3) is 0 Å². The van der Waals surface area contributed by atoms with Gasteiger partial charge in [-0.2, -0.15) is 0 Å². The lowest BCUT2D eigenvalue weighted by molar-refractivity contribution is -0.144. The van der Waals surface area contributed by atoms with E-state index in [-0.39, 0.29) is 12.3 Å². The number of hydrogen-bond acceptors (Lipinski definition) is 5. The molecule has 0 aliphatic carbocycles. The fraction of sp³-hybridized carbons (Fsp3) is 0.750. The Morgan fingerprint density at radius 1 is 1.10 bits per heavy atom. The molecule has 1 atom stereocenters. The minimum atomic E-state index is -1.11. The van der Waals surface area contributed by atoms with Crippen molar-refractivity contribution < 1.29 is 24.6 Å². The van der Waals surface area contributed by atoms with Crippen LogP contribution in [0, 0.1) is 0 Å². The highest BCUT2D eigenvalue weighted by atomic mass is 16.4. The van der Waals surface area contributed by atoms with E-state index in [4.69, 9.17) is 10.2 Å². The molecule has 0 aromatic carbocycles. The van der Waals surface area contributed by atoms with Crippen LogP contribution in [-0.2, 0) is 14.4 Å². The van der Waals surface area contributed by atoms with Gasteiger partial charge in [-0.1, -0.05) is 0 Å². The largest absolute Gasteiger partial charge is 0.480 e. The van der Waals surface area contributed by atoms with Crippen LogP contribution in [0.2, 0.25) is 0 Å². The van der Waals surface area contributed by atoms with E-state index in [0.29, 0.717) is 0 Å². The molecule has 0 aliphatic heterocycles. The van der Waals surface area contributed by atoms with Crippen LogP contribution in [0.15, 0.2) is 0 Å². The lowest BCUT2D eigenvalue weighted by Gasteiger charge is -2.38. The highest BCUT2D eigenvalue weighted by Crippen LogP contribution is 2.20. The van der Waals surface area contributed by atoms with Gasteiger partial charge in [-0.15, -0.1) is 0 Å². The summed E-state index contributed by atoms with van der Waals surface area (Å²) in [5, 5.41) is 23.1. The Labute approximate surface area is 118 Å². The number of carboxylic acid groups (broad SMARTS) is 2. The van der Waals surface area contributed by atoms with Gasteiger partial charge >= 0.3 is 11.9 Å². The summed E-state index contributed by atoms with van der Waals surface area (Å²) < 4.78 is 0. The predicted octanol–water partition coefficient (Wildman–Crippen LogP) is -1.04. The van der Waals surface area contributed by atoms with Gasteiger partial charge in [0.05, 0.1) is 19.1 Å². The van der Waals surface area contributed by atoms with E-state index in [2.05, 4.69) is 10.6 Å². The van der Waals surface area contributed by atoms with E-state index in [1.165, 1.54) is 11.9 Å². The van der Waals surface area contributed by atoms with E-state index in [0.717, 1.165) is 0 Å². The monoisotopic (exact) mass is 289 g/mol. The van der Waals surface area contributed by atoms with Crippen LogP contribution in [0.1, 0.15) is 20.3 Å². The molecule has 0 aromatic heterocycles. The fourth-order valence-corrected chi connectivity index (χ4v) is 1.94. The molecule has 0 aliphatic rings. The van der Waals surface area contributed by atoms with Gasteiger partial charge in [-0.25, -0.2) is 0 Å². The normalized spacial score (nSPS) is 13.1. The summed E-state index contributed by atoms with van der Waals surface area (Å²) in [6.45, 7) is 2.63. The molecule has 8 heteroatoms. The topological polar surface area (TPSA) is 119 Å². The number of rotatable bonds is 9. The zero-order chi connectivity index (χ0) is 15.9. The van der Waals surface area contributed by atoms with Crippen LogP contribution in [-0.4, -0.2) is 71.7 Å². The molecule has 0 fully saturated rings. The zero-order valence-electron chi connectivity index (χ0n) is 12.3. The minimum Gasteiger partial charge on any atom is -0.480 e. The second-order valence-electron chi connectivity index (χ2n) is 5.12. The van der Waals surface area contributed by atoms with Crippen LogP contribution in [0.5, 0.6) is 0 Å². The van der Waals surface area contributed by atoms with E-state index in [9.17, 15) is 14.4 Å². The van der Waals surface area contributed by atoms with Gasteiger partial charge in [0.2, 0.25) is 5.91 Å². The molecule has 0 bridgehead atoms. The maximum absolute atomic E-state index is 11.7. The van der Waals surface area contributed by atoms with Crippen LogP contribution >= 0.6 is 0 Å². The second-order valence-corrected chi connectivity index (χ2v) is 5.12. The third-order valence-corrected chi connectivity index (χ3v) is 3.12. The Kier molecular flexibility index (Phi) is 7.16. The van der Waals surface area contributed by atoms with Crippen molar-refractivity contribution >= 4 is 17.8 Å². The van der Waals surface area contributed by atoms with Crippen LogP contribution < -0.4 is 10.6 Å². The molecule has 20 heavy (non-hydrogen) atoms. The van der Waals surface area contributed by atoms with Gasteiger partial charge in [0.1, 0.15) is 0 Å². The average molecular weight is 289 g/mol. The summed E-state index contributed by atoms with van der Waals surface area (Å²) in [6, 6.07) is -0.528. The smallest absolute Gasteiger partial charge is 0.317 e. The number of carbonyl (C=O) groups is 3. The lowest BCUT2D eigenvalue weighted by Crippen LogP contribution is -2.54. The minimum absolute atomic E-state index is 0.230. The summed E-state index contributed by atoms with van der Waals surface area (Å²) in [5.74, 6) is -2.45. The lowest BCUT2D eigenvalue weighted by atomic mass is 9.92. The maximum Gasteiger partial charge on any atom is 0.317 e. The van der Waals surface area contributed by atoms with E-state index < -0.39 is 36.6 Å². The molecule has 1 unspecified atom stereocenters. The Morgan fingerprint density at radius 3 is 1.85 bits per heavy atom. The first-order valence-electron chi connectivity index (χ1n) is 6.21. The molecule has 0 saturated heterocycles. The number of hydrogen-bond donors (Lipinski definition) is 4. The molecule has 116 valence electrons. The third kappa shape index (κ3) is 5.98. The first-order chi connectivity index (χ1) is 9.13. The first kappa shape index (κ1) is 18.3. The molecule has 8 nitrogen and oxygen atoms in total. The molecule has 0 spiro atoms. The van der Waals surface area contributed by atoms with Gasteiger partial charge in [-0.3, -0.25) is 19.3 Å². The molecular formula is C12H23N3O5. The highest BCUT2D eigenvalue weighted by molar-refractivity contribution is 5.81. The Balaban J connectivity index is 5.03. The summed E-state index contributed by atoms with van der Waals surface area (Å²) in [4.78, 5) is 34.7. The quantitative estimate of drug-likeness (QED) is 0.428. The van der Waals surface area contributed by atoms with Crippen molar-refractivity contribution in [2.75, 3.05) is 27.2 Å². The number of nitrogens with zero attached hydrogens (tertiary/aromatic N) is 1. The van der Waals surface area contributed by atoms with Crippen molar-refractivity contribution in [1.29, 1.82) is 0 Å². The second kappa shape index (κ2) is 7.81. The molecule has 0 heterocycles. The van der Waals surface area contributed by atoms with Gasteiger partial charge < -0.3 is 20.8 Å². The molecular weight excluding hydrogens is 266 g/mol. The number of likely N-dealkylation sites (N-methyl/N-ethyl adjacent to an activating group) is 2. The summed E-state index contributed by atoms with van der Waals surface area (Å²) >= 11 is 0. The van der Waals surface area contributed by atoms with Gasteiger partial charge in [-0.05, 0) is 27.3 Å². The molecule has 0 rings (SSSR count). The number of amides is 1. The Bertz CT molecular complexity index is 354. The SMILES string of the molecule is CNC(=O)C(CC(C)(C)N(CC(=O)O)CC(=O)O)NC. The zero-order valence-corrected chi connectivity index (χ0v) is 12.3. The fourth-order valence-electron chi connectivity index (χ4n) is 1.94. The Morgan fingerprint density at radius 2 is 1.55 bits per heavy atom. The third-order valence-electron chi connectivity index (χ3n) is 3.12. The molecule has 0 saturated carbocycles.